The highest BCUT2D eigenvalue weighted by atomic mass is 16.7. The van der Waals surface area contributed by atoms with E-state index in [9.17, 15) is 0 Å². The van der Waals surface area contributed by atoms with E-state index in [1.807, 2.05) is 36.4 Å². The van der Waals surface area contributed by atoms with Crippen LogP contribution in [0.2, 0.25) is 0 Å². The molecule has 5 heteroatoms. The third kappa shape index (κ3) is 2.55. The van der Waals surface area contributed by atoms with E-state index in [1.54, 1.807) is 0 Å². The van der Waals surface area contributed by atoms with Crippen LogP contribution in [0.4, 0.5) is 0 Å². The van der Waals surface area contributed by atoms with Gasteiger partial charge in [-0.3, -0.25) is 0 Å². The summed E-state index contributed by atoms with van der Waals surface area (Å²) >= 11 is 0. The van der Waals surface area contributed by atoms with Crippen LogP contribution in [0.3, 0.4) is 0 Å². The highest BCUT2D eigenvalue weighted by Gasteiger charge is 2.23. The van der Waals surface area contributed by atoms with E-state index in [0.29, 0.717) is 13.4 Å². The Hall–Kier alpha value is -2.40. The van der Waals surface area contributed by atoms with Crippen molar-refractivity contribution in [2.75, 3.05) is 19.9 Å². The number of fused-ring (bicyclic) bond motifs is 2. The van der Waals surface area contributed by atoms with Gasteiger partial charge in [-0.1, -0.05) is 18.2 Å². The van der Waals surface area contributed by atoms with Crippen LogP contribution in [0, 0.1) is 0 Å². The summed E-state index contributed by atoms with van der Waals surface area (Å²) in [6.45, 7) is 2.55. The van der Waals surface area contributed by atoms with Gasteiger partial charge in [-0.25, -0.2) is 0 Å². The molecule has 5 nitrogen and oxygen atoms in total. The Morgan fingerprint density at radius 1 is 0.909 bits per heavy atom. The maximum absolute atomic E-state index is 5.95. The van der Waals surface area contributed by atoms with Crippen molar-refractivity contribution in [2.24, 2.45) is 0 Å². The van der Waals surface area contributed by atoms with E-state index in [0.717, 1.165) is 41.7 Å². The van der Waals surface area contributed by atoms with Crippen molar-refractivity contribution in [3.63, 3.8) is 0 Å². The Morgan fingerprint density at radius 3 is 2.73 bits per heavy atom. The second kappa shape index (κ2) is 5.77. The van der Waals surface area contributed by atoms with Gasteiger partial charge in [0, 0.05) is 0 Å². The first-order chi connectivity index (χ1) is 10.9. The van der Waals surface area contributed by atoms with E-state index < -0.39 is 0 Å². The smallest absolute Gasteiger partial charge is 0.231 e. The van der Waals surface area contributed by atoms with E-state index in [4.69, 9.17) is 18.9 Å². The van der Waals surface area contributed by atoms with Crippen molar-refractivity contribution < 1.29 is 24.3 Å². The lowest BCUT2D eigenvalue weighted by Gasteiger charge is -2.25. The molecule has 0 aliphatic carbocycles. The molecule has 0 bridgehead atoms. The zero-order valence-corrected chi connectivity index (χ0v) is 12.2. The lowest BCUT2D eigenvalue weighted by Crippen LogP contribution is -2.85. The number of hydrogen-bond acceptors (Lipinski definition) is 4. The molecular formula is C17H18NO4+. The first kappa shape index (κ1) is 13.3. The third-order valence-electron chi connectivity index (χ3n) is 3.84. The van der Waals surface area contributed by atoms with Gasteiger partial charge in [-0.05, 0) is 24.3 Å². The number of benzene rings is 2. The summed E-state index contributed by atoms with van der Waals surface area (Å²) in [6, 6.07) is 13.8. The van der Waals surface area contributed by atoms with Crippen LogP contribution in [0.1, 0.15) is 5.56 Å². The minimum Gasteiger partial charge on any atom is -0.486 e. The molecule has 2 aromatic rings. The molecule has 0 fully saturated rings. The topological polar surface area (TPSA) is 53.5 Å². The molecule has 2 N–H and O–H groups in total. The van der Waals surface area contributed by atoms with Crippen LogP contribution in [0.15, 0.2) is 42.5 Å². The van der Waals surface area contributed by atoms with Gasteiger partial charge < -0.3 is 24.3 Å². The fraction of sp³-hybridized carbons (Fsp3) is 0.294. The molecule has 0 radical (unpaired) electrons. The lowest BCUT2D eigenvalue weighted by atomic mass is 10.2. The average molecular weight is 300 g/mol. The number of ether oxygens (including phenoxy) is 4. The highest BCUT2D eigenvalue weighted by molar-refractivity contribution is 5.47. The van der Waals surface area contributed by atoms with Crippen LogP contribution in [0.25, 0.3) is 0 Å². The van der Waals surface area contributed by atoms with E-state index in [1.165, 1.54) is 0 Å². The van der Waals surface area contributed by atoms with Gasteiger partial charge in [0.25, 0.3) is 0 Å². The average Bonchev–Trinajstić information content (AvgIpc) is 3.04. The Kier molecular flexibility index (Phi) is 3.48. The van der Waals surface area contributed by atoms with Crippen LogP contribution in [-0.2, 0) is 6.54 Å². The van der Waals surface area contributed by atoms with Gasteiger partial charge in [0.15, 0.2) is 29.1 Å². The SMILES string of the molecule is c1ccc2c(c1)OC[C@@H](C[NH2+]Cc1cccc3c1OCO3)O2. The van der Waals surface area contributed by atoms with Crippen LogP contribution < -0.4 is 24.3 Å². The molecule has 22 heavy (non-hydrogen) atoms. The molecule has 2 heterocycles. The zero-order chi connectivity index (χ0) is 14.8. The predicted octanol–water partition coefficient (Wildman–Crippen LogP) is 1.32. The van der Waals surface area contributed by atoms with E-state index >= 15 is 0 Å². The van der Waals surface area contributed by atoms with E-state index in [2.05, 4.69) is 11.4 Å². The molecule has 114 valence electrons. The van der Waals surface area contributed by atoms with Gasteiger partial charge in [0.2, 0.25) is 6.79 Å². The normalized spacial score (nSPS) is 18.3. The molecule has 2 aliphatic rings. The summed E-state index contributed by atoms with van der Waals surface area (Å²) in [4.78, 5) is 0. The first-order valence-corrected chi connectivity index (χ1v) is 7.48. The van der Waals surface area contributed by atoms with Gasteiger partial charge in [-0.2, -0.15) is 0 Å². The maximum atomic E-state index is 5.95. The maximum Gasteiger partial charge on any atom is 0.231 e. The summed E-state index contributed by atoms with van der Waals surface area (Å²) in [5.74, 6) is 3.34. The monoisotopic (exact) mass is 300 g/mol. The van der Waals surface area contributed by atoms with Gasteiger partial charge in [-0.15, -0.1) is 0 Å². The lowest BCUT2D eigenvalue weighted by molar-refractivity contribution is -0.676. The molecule has 2 aliphatic heterocycles. The number of nitrogens with two attached hydrogens (primary N) is 1. The molecule has 0 saturated carbocycles. The van der Waals surface area contributed by atoms with Gasteiger partial charge in [0.1, 0.15) is 19.7 Å². The largest absolute Gasteiger partial charge is 0.486 e. The van der Waals surface area contributed by atoms with Crippen molar-refractivity contribution in [3.05, 3.63) is 48.0 Å². The summed E-state index contributed by atoms with van der Waals surface area (Å²) in [5.41, 5.74) is 1.15. The first-order valence-electron chi connectivity index (χ1n) is 7.48. The Bertz CT molecular complexity index is 673. The standard InChI is InChI=1S/C17H17NO4/c1-2-6-15-14(5-1)19-10-13(22-15)9-18-8-12-4-3-7-16-17(12)21-11-20-16/h1-7,13,18H,8-11H2/p+1/t13-/m1/s1. The second-order valence-electron chi connectivity index (χ2n) is 5.38. The summed E-state index contributed by atoms with van der Waals surface area (Å²) < 4.78 is 22.6. The summed E-state index contributed by atoms with van der Waals surface area (Å²) in [7, 11) is 0. The highest BCUT2D eigenvalue weighted by Crippen LogP contribution is 2.34. The number of quaternary nitrogens is 1. The Balaban J connectivity index is 1.34. The molecule has 0 amide bonds. The molecule has 4 rings (SSSR count). The number of hydrogen-bond donors (Lipinski definition) is 1. The Morgan fingerprint density at radius 2 is 1.77 bits per heavy atom. The fourth-order valence-electron chi connectivity index (χ4n) is 2.76. The molecule has 2 aromatic carbocycles. The third-order valence-corrected chi connectivity index (χ3v) is 3.84. The van der Waals surface area contributed by atoms with Crippen molar-refractivity contribution in [1.29, 1.82) is 0 Å². The van der Waals surface area contributed by atoms with Crippen LogP contribution >= 0.6 is 0 Å². The van der Waals surface area contributed by atoms with Crippen molar-refractivity contribution in [2.45, 2.75) is 12.6 Å². The van der Waals surface area contributed by atoms with Crippen molar-refractivity contribution in [1.82, 2.24) is 0 Å². The molecule has 0 unspecified atom stereocenters. The second-order valence-corrected chi connectivity index (χ2v) is 5.38. The molecule has 0 aromatic heterocycles. The molecule has 0 spiro atoms. The van der Waals surface area contributed by atoms with Gasteiger partial charge in [0.05, 0.1) is 5.56 Å². The molecule has 1 atom stereocenters. The minimum absolute atomic E-state index is 0.0591. The van der Waals surface area contributed by atoms with Gasteiger partial charge >= 0.3 is 0 Å². The van der Waals surface area contributed by atoms with Crippen molar-refractivity contribution >= 4 is 0 Å². The minimum atomic E-state index is 0.0591. The van der Waals surface area contributed by atoms with E-state index in [-0.39, 0.29) is 6.10 Å². The predicted molar refractivity (Wildman–Crippen MR) is 79.4 cm³/mol. The molecular weight excluding hydrogens is 282 g/mol. The van der Waals surface area contributed by atoms with Crippen LogP contribution in [0.5, 0.6) is 23.0 Å². The zero-order valence-electron chi connectivity index (χ0n) is 12.2. The van der Waals surface area contributed by atoms with Crippen molar-refractivity contribution in [3.8, 4) is 23.0 Å². The fourth-order valence-corrected chi connectivity index (χ4v) is 2.76. The Labute approximate surface area is 128 Å². The quantitative estimate of drug-likeness (QED) is 0.925. The summed E-state index contributed by atoms with van der Waals surface area (Å²) in [5, 5.41) is 2.21. The number of rotatable bonds is 4. The van der Waals surface area contributed by atoms with Crippen LogP contribution in [-0.4, -0.2) is 26.0 Å². The molecule has 0 saturated heterocycles. The number of para-hydroxylation sites is 3. The summed E-state index contributed by atoms with van der Waals surface area (Å²) in [6.07, 6.45) is 0.0591.